The van der Waals surface area contributed by atoms with Crippen LogP contribution in [0.4, 0.5) is 4.39 Å². The van der Waals surface area contributed by atoms with E-state index in [1.165, 1.54) is 22.7 Å². The molecule has 0 fully saturated rings. The molecule has 0 unspecified atom stereocenters. The molecule has 3 rings (SSSR count). The van der Waals surface area contributed by atoms with Gasteiger partial charge < -0.3 is 5.11 Å². The van der Waals surface area contributed by atoms with Crippen molar-refractivity contribution in [3.05, 3.63) is 42.0 Å². The molecule has 0 saturated heterocycles. The highest BCUT2D eigenvalue weighted by molar-refractivity contribution is 5.58. The van der Waals surface area contributed by atoms with Gasteiger partial charge in [-0.3, -0.25) is 0 Å². The Hall–Kier alpha value is -2.50. The summed E-state index contributed by atoms with van der Waals surface area (Å²) in [6.07, 6.45) is 0. The standard InChI is InChI=1S/C15H15FN4O/c1-15(2,3)14-18-13(9-5-4-6-10(16)7-9)17-11-8-12(21)19-20(11)14/h4-8H,1-3H3,(H,19,21)/p-1. The smallest absolute Gasteiger partial charge is 0.163 e. The largest absolute Gasteiger partial charge is 0.857 e. The lowest BCUT2D eigenvalue weighted by Gasteiger charge is -2.19. The zero-order valence-corrected chi connectivity index (χ0v) is 12.0. The average molecular weight is 285 g/mol. The number of aromatic nitrogens is 4. The summed E-state index contributed by atoms with van der Waals surface area (Å²) in [5.74, 6) is 0.262. The maximum absolute atomic E-state index is 13.4. The van der Waals surface area contributed by atoms with Crippen LogP contribution in [0.5, 0.6) is 5.88 Å². The van der Waals surface area contributed by atoms with E-state index in [2.05, 4.69) is 15.1 Å². The molecular formula is C15H14FN4O-. The van der Waals surface area contributed by atoms with Crippen LogP contribution >= 0.6 is 0 Å². The van der Waals surface area contributed by atoms with Crippen LogP contribution < -0.4 is 5.11 Å². The molecule has 2 aromatic heterocycles. The summed E-state index contributed by atoms with van der Waals surface area (Å²) in [6, 6.07) is 7.41. The number of hydrogen-bond acceptors (Lipinski definition) is 4. The maximum Gasteiger partial charge on any atom is 0.163 e. The minimum Gasteiger partial charge on any atom is -0.857 e. The van der Waals surface area contributed by atoms with Gasteiger partial charge >= 0.3 is 0 Å². The summed E-state index contributed by atoms with van der Waals surface area (Å²) in [7, 11) is 0. The van der Waals surface area contributed by atoms with E-state index in [-0.39, 0.29) is 17.1 Å². The summed E-state index contributed by atoms with van der Waals surface area (Å²) in [5.41, 5.74) is 0.651. The summed E-state index contributed by atoms with van der Waals surface area (Å²) >= 11 is 0. The number of nitrogens with zero attached hydrogens (tertiary/aromatic N) is 4. The predicted molar refractivity (Wildman–Crippen MR) is 74.3 cm³/mol. The molecule has 21 heavy (non-hydrogen) atoms. The van der Waals surface area contributed by atoms with E-state index in [0.717, 1.165) is 0 Å². The van der Waals surface area contributed by atoms with Gasteiger partial charge in [0, 0.05) is 16.9 Å². The Balaban J connectivity index is 2.30. The van der Waals surface area contributed by atoms with Gasteiger partial charge in [0.25, 0.3) is 0 Å². The van der Waals surface area contributed by atoms with Crippen LogP contribution in [0.2, 0.25) is 0 Å². The zero-order chi connectivity index (χ0) is 15.2. The van der Waals surface area contributed by atoms with E-state index in [9.17, 15) is 9.50 Å². The Morgan fingerprint density at radius 1 is 1.14 bits per heavy atom. The van der Waals surface area contributed by atoms with Crippen LogP contribution in [0.3, 0.4) is 0 Å². The van der Waals surface area contributed by atoms with E-state index in [1.54, 1.807) is 12.1 Å². The van der Waals surface area contributed by atoms with Gasteiger partial charge in [0.15, 0.2) is 11.5 Å². The molecule has 3 aromatic rings. The molecule has 6 heteroatoms. The van der Waals surface area contributed by atoms with Crippen molar-refractivity contribution in [1.29, 1.82) is 0 Å². The lowest BCUT2D eigenvalue weighted by Crippen LogP contribution is -2.20. The van der Waals surface area contributed by atoms with Crippen molar-refractivity contribution in [2.75, 3.05) is 0 Å². The molecule has 0 amide bonds. The molecular weight excluding hydrogens is 271 g/mol. The van der Waals surface area contributed by atoms with E-state index in [0.29, 0.717) is 22.9 Å². The lowest BCUT2D eigenvalue weighted by atomic mass is 9.95. The highest BCUT2D eigenvalue weighted by atomic mass is 19.1. The fourth-order valence-corrected chi connectivity index (χ4v) is 2.11. The molecule has 108 valence electrons. The van der Waals surface area contributed by atoms with Gasteiger partial charge in [-0.2, -0.15) is 5.10 Å². The molecule has 0 spiro atoms. The highest BCUT2D eigenvalue weighted by Crippen LogP contribution is 2.25. The zero-order valence-electron chi connectivity index (χ0n) is 12.0. The average Bonchev–Trinajstić information content (AvgIpc) is 2.76. The topological polar surface area (TPSA) is 66.1 Å². The van der Waals surface area contributed by atoms with Gasteiger partial charge in [-0.15, -0.1) is 0 Å². The van der Waals surface area contributed by atoms with Crippen molar-refractivity contribution in [1.82, 2.24) is 19.6 Å². The molecule has 1 aromatic carbocycles. The number of halogens is 1. The highest BCUT2D eigenvalue weighted by Gasteiger charge is 2.22. The second-order valence-corrected chi connectivity index (χ2v) is 5.88. The fraction of sp³-hybridized carbons (Fsp3) is 0.267. The van der Waals surface area contributed by atoms with Crippen LogP contribution in [-0.2, 0) is 5.41 Å². The molecule has 5 nitrogen and oxygen atoms in total. The van der Waals surface area contributed by atoms with E-state index in [1.807, 2.05) is 20.8 Å². The van der Waals surface area contributed by atoms with Crippen LogP contribution in [0.25, 0.3) is 17.0 Å². The third-order valence-corrected chi connectivity index (χ3v) is 3.05. The Bertz CT molecular complexity index is 820. The van der Waals surface area contributed by atoms with E-state index < -0.39 is 0 Å². The third-order valence-electron chi connectivity index (χ3n) is 3.05. The summed E-state index contributed by atoms with van der Waals surface area (Å²) in [4.78, 5) is 8.78. The van der Waals surface area contributed by atoms with Gasteiger partial charge in [0.1, 0.15) is 11.6 Å². The monoisotopic (exact) mass is 285 g/mol. The molecule has 0 bridgehead atoms. The Labute approximate surface area is 121 Å². The SMILES string of the molecule is CC(C)(C)c1nc(-c2cccc(F)c2)nc2cc([O-])nn12. The van der Waals surface area contributed by atoms with Crippen molar-refractivity contribution in [2.24, 2.45) is 0 Å². The fourth-order valence-electron chi connectivity index (χ4n) is 2.11. The van der Waals surface area contributed by atoms with Crippen LogP contribution in [0, 0.1) is 5.82 Å². The number of benzene rings is 1. The first-order chi connectivity index (χ1) is 9.84. The van der Waals surface area contributed by atoms with E-state index in [4.69, 9.17) is 0 Å². The van der Waals surface area contributed by atoms with Crippen molar-refractivity contribution in [3.8, 4) is 17.3 Å². The van der Waals surface area contributed by atoms with Crippen LogP contribution in [-0.4, -0.2) is 19.6 Å². The second-order valence-electron chi connectivity index (χ2n) is 5.88. The van der Waals surface area contributed by atoms with E-state index >= 15 is 0 Å². The molecule has 0 saturated carbocycles. The molecule has 0 N–H and O–H groups in total. The van der Waals surface area contributed by atoms with Crippen molar-refractivity contribution in [3.63, 3.8) is 0 Å². The molecule has 0 atom stereocenters. The Morgan fingerprint density at radius 3 is 2.57 bits per heavy atom. The van der Waals surface area contributed by atoms with Crippen LogP contribution in [0.15, 0.2) is 30.3 Å². The van der Waals surface area contributed by atoms with Gasteiger partial charge in [-0.05, 0) is 18.2 Å². The summed E-state index contributed by atoms with van der Waals surface area (Å²) in [6.45, 7) is 5.91. The lowest BCUT2D eigenvalue weighted by molar-refractivity contribution is -0.275. The first kappa shape index (κ1) is 13.5. The second kappa shape index (κ2) is 4.51. The first-order valence-electron chi connectivity index (χ1n) is 6.56. The summed E-state index contributed by atoms with van der Waals surface area (Å²) < 4.78 is 14.8. The predicted octanol–water partition coefficient (Wildman–Crippen LogP) is 2.30. The van der Waals surface area contributed by atoms with Crippen LogP contribution in [0.1, 0.15) is 26.6 Å². The molecule has 0 aliphatic rings. The quantitative estimate of drug-likeness (QED) is 0.688. The first-order valence-corrected chi connectivity index (χ1v) is 6.56. The maximum atomic E-state index is 13.4. The Morgan fingerprint density at radius 2 is 1.90 bits per heavy atom. The number of rotatable bonds is 1. The molecule has 2 heterocycles. The minimum atomic E-state index is -0.369. The number of hydrogen-bond donors (Lipinski definition) is 0. The normalized spacial score (nSPS) is 12.0. The molecule has 0 aliphatic carbocycles. The third kappa shape index (κ3) is 2.44. The summed E-state index contributed by atoms with van der Waals surface area (Å²) in [5, 5.41) is 15.4. The van der Waals surface area contributed by atoms with Gasteiger partial charge in [-0.1, -0.05) is 32.9 Å². The van der Waals surface area contributed by atoms with Crippen molar-refractivity contribution < 1.29 is 9.50 Å². The van der Waals surface area contributed by atoms with Gasteiger partial charge in [0.05, 0.1) is 0 Å². The molecule has 0 radical (unpaired) electrons. The van der Waals surface area contributed by atoms with Crippen molar-refractivity contribution >= 4 is 5.65 Å². The van der Waals surface area contributed by atoms with Gasteiger partial charge in [0.2, 0.25) is 0 Å². The molecule has 0 aliphatic heterocycles. The van der Waals surface area contributed by atoms with Crippen molar-refractivity contribution in [2.45, 2.75) is 26.2 Å². The number of fused-ring (bicyclic) bond motifs is 1. The van der Waals surface area contributed by atoms with Gasteiger partial charge in [-0.25, -0.2) is 18.9 Å². The Kier molecular flexibility index (Phi) is 2.90. The minimum absolute atomic E-state index is 0.332.